The second kappa shape index (κ2) is 5.33. The molecule has 2 aromatic rings. The standard InChI is InChI=1S/C16H18N2O2/c1-10-5-7-14(11(2)9-10)18(4)15-8-6-13(16(19)20)12(3)17-15/h5-9H,1-4H3,(H,19,20). The van der Waals surface area contributed by atoms with Gasteiger partial charge in [0.25, 0.3) is 0 Å². The highest BCUT2D eigenvalue weighted by molar-refractivity contribution is 5.89. The lowest BCUT2D eigenvalue weighted by atomic mass is 10.1. The highest BCUT2D eigenvalue weighted by atomic mass is 16.4. The fourth-order valence-corrected chi connectivity index (χ4v) is 2.27. The van der Waals surface area contributed by atoms with Crippen molar-refractivity contribution in [2.45, 2.75) is 20.8 Å². The molecule has 0 aliphatic carbocycles. The molecule has 1 aromatic heterocycles. The van der Waals surface area contributed by atoms with Crippen LogP contribution in [0.1, 0.15) is 27.2 Å². The molecule has 0 amide bonds. The maximum absolute atomic E-state index is 11.0. The van der Waals surface area contributed by atoms with E-state index in [1.807, 2.05) is 18.0 Å². The Balaban J connectivity index is 2.40. The van der Waals surface area contributed by atoms with Gasteiger partial charge >= 0.3 is 5.97 Å². The summed E-state index contributed by atoms with van der Waals surface area (Å²) in [7, 11) is 1.93. The summed E-state index contributed by atoms with van der Waals surface area (Å²) in [5.74, 6) is -0.213. The lowest BCUT2D eigenvalue weighted by molar-refractivity contribution is 0.0695. The van der Waals surface area contributed by atoms with Gasteiger partial charge in [-0.2, -0.15) is 0 Å². The summed E-state index contributed by atoms with van der Waals surface area (Å²) in [5.41, 5.74) is 4.19. The zero-order valence-corrected chi connectivity index (χ0v) is 12.1. The van der Waals surface area contributed by atoms with Crippen LogP contribution in [0, 0.1) is 20.8 Å². The van der Waals surface area contributed by atoms with E-state index in [0.29, 0.717) is 5.69 Å². The smallest absolute Gasteiger partial charge is 0.337 e. The molecule has 0 atom stereocenters. The van der Waals surface area contributed by atoms with Gasteiger partial charge in [0.05, 0.1) is 11.3 Å². The number of anilines is 2. The Kier molecular flexibility index (Phi) is 3.74. The molecule has 2 rings (SSSR count). The van der Waals surface area contributed by atoms with Crippen LogP contribution in [0.25, 0.3) is 0 Å². The van der Waals surface area contributed by atoms with Gasteiger partial charge in [-0.25, -0.2) is 9.78 Å². The van der Waals surface area contributed by atoms with Crippen molar-refractivity contribution in [3.63, 3.8) is 0 Å². The third-order valence-electron chi connectivity index (χ3n) is 3.36. The maximum atomic E-state index is 11.0. The molecule has 4 nitrogen and oxygen atoms in total. The molecule has 20 heavy (non-hydrogen) atoms. The largest absolute Gasteiger partial charge is 0.478 e. The maximum Gasteiger partial charge on any atom is 0.337 e. The van der Waals surface area contributed by atoms with Gasteiger partial charge in [-0.05, 0) is 44.5 Å². The molecule has 0 saturated carbocycles. The third kappa shape index (κ3) is 2.64. The molecule has 0 bridgehead atoms. The first-order chi connectivity index (χ1) is 9.40. The van der Waals surface area contributed by atoms with Gasteiger partial charge in [0.2, 0.25) is 0 Å². The summed E-state index contributed by atoms with van der Waals surface area (Å²) in [4.78, 5) is 17.4. The van der Waals surface area contributed by atoms with Crippen molar-refractivity contribution < 1.29 is 9.90 Å². The van der Waals surface area contributed by atoms with Crippen LogP contribution in [0.3, 0.4) is 0 Å². The Morgan fingerprint density at radius 3 is 2.40 bits per heavy atom. The van der Waals surface area contributed by atoms with Crippen molar-refractivity contribution in [3.05, 3.63) is 52.7 Å². The fraction of sp³-hybridized carbons (Fsp3) is 0.250. The van der Waals surface area contributed by atoms with Gasteiger partial charge < -0.3 is 10.0 Å². The van der Waals surface area contributed by atoms with Crippen LogP contribution in [-0.4, -0.2) is 23.1 Å². The van der Waals surface area contributed by atoms with Crippen LogP contribution < -0.4 is 4.90 Å². The monoisotopic (exact) mass is 270 g/mol. The molecule has 1 N–H and O–H groups in total. The predicted molar refractivity (Wildman–Crippen MR) is 79.9 cm³/mol. The number of aromatic carboxylic acids is 1. The van der Waals surface area contributed by atoms with Gasteiger partial charge in [-0.3, -0.25) is 0 Å². The number of rotatable bonds is 3. The topological polar surface area (TPSA) is 53.4 Å². The summed E-state index contributed by atoms with van der Waals surface area (Å²) in [6.45, 7) is 5.82. The van der Waals surface area contributed by atoms with E-state index in [1.165, 1.54) is 5.56 Å². The van der Waals surface area contributed by atoms with Gasteiger partial charge in [0, 0.05) is 12.7 Å². The normalized spacial score (nSPS) is 10.4. The van der Waals surface area contributed by atoms with Crippen molar-refractivity contribution in [2.24, 2.45) is 0 Å². The lowest BCUT2D eigenvalue weighted by Crippen LogP contribution is -2.14. The van der Waals surface area contributed by atoms with E-state index < -0.39 is 5.97 Å². The van der Waals surface area contributed by atoms with Crippen molar-refractivity contribution >= 4 is 17.5 Å². The molecule has 0 aliphatic rings. The Morgan fingerprint density at radius 1 is 1.15 bits per heavy atom. The van der Waals surface area contributed by atoms with E-state index in [2.05, 4.69) is 31.0 Å². The molecule has 0 saturated heterocycles. The first-order valence-electron chi connectivity index (χ1n) is 6.42. The van der Waals surface area contributed by atoms with Crippen molar-refractivity contribution in [2.75, 3.05) is 11.9 Å². The van der Waals surface area contributed by atoms with E-state index in [9.17, 15) is 4.79 Å². The first kappa shape index (κ1) is 14.1. The minimum Gasteiger partial charge on any atom is -0.478 e. The number of hydrogen-bond donors (Lipinski definition) is 1. The number of benzene rings is 1. The van der Waals surface area contributed by atoms with E-state index >= 15 is 0 Å². The molecule has 1 heterocycles. The number of hydrogen-bond acceptors (Lipinski definition) is 3. The van der Waals surface area contributed by atoms with E-state index in [0.717, 1.165) is 17.1 Å². The van der Waals surface area contributed by atoms with Crippen molar-refractivity contribution in [3.8, 4) is 0 Å². The summed E-state index contributed by atoms with van der Waals surface area (Å²) in [6.07, 6.45) is 0. The number of aryl methyl sites for hydroxylation is 3. The molecule has 4 heteroatoms. The summed E-state index contributed by atoms with van der Waals surface area (Å²) in [6, 6.07) is 9.55. The van der Waals surface area contributed by atoms with Crippen LogP contribution in [0.5, 0.6) is 0 Å². The molecule has 0 spiro atoms. The minimum absolute atomic E-state index is 0.239. The molecule has 104 valence electrons. The average molecular weight is 270 g/mol. The molecule has 0 fully saturated rings. The number of aromatic nitrogens is 1. The Hall–Kier alpha value is -2.36. The first-order valence-corrected chi connectivity index (χ1v) is 6.42. The molecule has 1 aromatic carbocycles. The van der Waals surface area contributed by atoms with Gasteiger partial charge in [-0.1, -0.05) is 17.7 Å². The SMILES string of the molecule is Cc1ccc(N(C)c2ccc(C(=O)O)c(C)n2)c(C)c1. The highest BCUT2D eigenvalue weighted by Gasteiger charge is 2.12. The average Bonchev–Trinajstić information content (AvgIpc) is 2.37. The quantitative estimate of drug-likeness (QED) is 0.927. The van der Waals surface area contributed by atoms with Crippen LogP contribution in [0.2, 0.25) is 0 Å². The van der Waals surface area contributed by atoms with Crippen LogP contribution in [0.15, 0.2) is 30.3 Å². The summed E-state index contributed by atoms with van der Waals surface area (Å²) >= 11 is 0. The Labute approximate surface area is 118 Å². The second-order valence-corrected chi connectivity index (χ2v) is 4.96. The number of carboxylic acid groups (broad SMARTS) is 1. The van der Waals surface area contributed by atoms with E-state index in [-0.39, 0.29) is 5.56 Å². The van der Waals surface area contributed by atoms with E-state index in [1.54, 1.807) is 19.1 Å². The number of carboxylic acids is 1. The number of carbonyl (C=O) groups is 1. The van der Waals surface area contributed by atoms with Crippen molar-refractivity contribution in [1.82, 2.24) is 4.98 Å². The minimum atomic E-state index is -0.948. The van der Waals surface area contributed by atoms with Crippen molar-refractivity contribution in [1.29, 1.82) is 0 Å². The molecule has 0 radical (unpaired) electrons. The second-order valence-electron chi connectivity index (χ2n) is 4.96. The Bertz CT molecular complexity index is 666. The van der Waals surface area contributed by atoms with Crippen LogP contribution in [0.4, 0.5) is 11.5 Å². The molecular formula is C16H18N2O2. The Morgan fingerprint density at radius 2 is 1.85 bits per heavy atom. The summed E-state index contributed by atoms with van der Waals surface area (Å²) in [5, 5.41) is 9.03. The lowest BCUT2D eigenvalue weighted by Gasteiger charge is -2.21. The number of pyridine rings is 1. The highest BCUT2D eigenvalue weighted by Crippen LogP contribution is 2.26. The molecule has 0 aliphatic heterocycles. The molecule has 0 unspecified atom stereocenters. The summed E-state index contributed by atoms with van der Waals surface area (Å²) < 4.78 is 0. The zero-order chi connectivity index (χ0) is 14.9. The molecular weight excluding hydrogens is 252 g/mol. The van der Waals surface area contributed by atoms with Gasteiger partial charge in [0.1, 0.15) is 5.82 Å². The fourth-order valence-electron chi connectivity index (χ4n) is 2.27. The van der Waals surface area contributed by atoms with Gasteiger partial charge in [0.15, 0.2) is 0 Å². The van der Waals surface area contributed by atoms with Crippen LogP contribution in [-0.2, 0) is 0 Å². The number of nitrogens with zero attached hydrogens (tertiary/aromatic N) is 2. The van der Waals surface area contributed by atoms with Gasteiger partial charge in [-0.15, -0.1) is 0 Å². The van der Waals surface area contributed by atoms with Crippen LogP contribution >= 0.6 is 0 Å². The third-order valence-corrected chi connectivity index (χ3v) is 3.36. The zero-order valence-electron chi connectivity index (χ0n) is 12.1. The predicted octanol–water partition coefficient (Wildman–Crippen LogP) is 3.47. The van der Waals surface area contributed by atoms with E-state index in [4.69, 9.17) is 5.11 Å².